The van der Waals surface area contributed by atoms with Crippen LogP contribution in [0, 0.1) is 0 Å². The second-order valence-corrected chi connectivity index (χ2v) is 2.98. The van der Waals surface area contributed by atoms with E-state index in [0.717, 1.165) is 0 Å². The van der Waals surface area contributed by atoms with Crippen LogP contribution < -0.4 is 16.4 Å². The summed E-state index contributed by atoms with van der Waals surface area (Å²) in [7, 11) is 1.51. The third-order valence-corrected chi connectivity index (χ3v) is 1.84. The molecule has 0 spiro atoms. The second-order valence-electron chi connectivity index (χ2n) is 2.98. The van der Waals surface area contributed by atoms with Crippen LogP contribution in [0.1, 0.15) is 10.4 Å². The Balaban J connectivity index is 2.58. The first-order chi connectivity index (χ1) is 7.13. The summed E-state index contributed by atoms with van der Waals surface area (Å²) in [5.41, 5.74) is 6.48. The summed E-state index contributed by atoms with van der Waals surface area (Å²) >= 11 is 0. The minimum absolute atomic E-state index is 0.0376. The van der Waals surface area contributed by atoms with Crippen molar-refractivity contribution in [2.45, 2.75) is 0 Å². The van der Waals surface area contributed by atoms with Crippen molar-refractivity contribution in [1.82, 2.24) is 10.6 Å². The van der Waals surface area contributed by atoms with E-state index < -0.39 is 0 Å². The van der Waals surface area contributed by atoms with Gasteiger partial charge in [-0.25, -0.2) is 0 Å². The van der Waals surface area contributed by atoms with Crippen molar-refractivity contribution >= 4 is 17.5 Å². The molecule has 80 valence electrons. The molecule has 0 bridgehead atoms. The maximum Gasteiger partial charge on any atom is 0.251 e. The number of rotatable bonds is 3. The first kappa shape index (κ1) is 11.0. The lowest BCUT2D eigenvalue weighted by Crippen LogP contribution is -2.35. The average Bonchev–Trinajstić information content (AvgIpc) is 2.25. The lowest BCUT2D eigenvalue weighted by molar-refractivity contribution is -0.119. The van der Waals surface area contributed by atoms with Crippen LogP contribution in [0.4, 0.5) is 5.69 Å². The van der Waals surface area contributed by atoms with Gasteiger partial charge in [0.1, 0.15) is 0 Å². The van der Waals surface area contributed by atoms with Crippen LogP contribution in [-0.2, 0) is 4.79 Å². The highest BCUT2D eigenvalue weighted by Gasteiger charge is 2.06. The number of carbonyl (C=O) groups excluding carboxylic acids is 2. The van der Waals surface area contributed by atoms with E-state index in [1.807, 2.05) is 0 Å². The summed E-state index contributed by atoms with van der Waals surface area (Å²) in [4.78, 5) is 22.3. The van der Waals surface area contributed by atoms with Gasteiger partial charge in [0.15, 0.2) is 0 Å². The van der Waals surface area contributed by atoms with E-state index in [9.17, 15) is 9.59 Å². The predicted octanol–water partition coefficient (Wildman–Crippen LogP) is -0.255. The molecule has 0 aliphatic rings. The van der Waals surface area contributed by atoms with Crippen molar-refractivity contribution in [1.29, 1.82) is 0 Å². The van der Waals surface area contributed by atoms with E-state index >= 15 is 0 Å². The number of benzene rings is 1. The number of likely N-dealkylation sites (N-methyl/N-ethyl adjacent to an activating group) is 1. The molecule has 1 aromatic rings. The molecule has 0 atom stereocenters. The van der Waals surface area contributed by atoms with E-state index in [-0.39, 0.29) is 18.4 Å². The molecule has 0 fully saturated rings. The lowest BCUT2D eigenvalue weighted by Gasteiger charge is -2.04. The van der Waals surface area contributed by atoms with Crippen molar-refractivity contribution in [3.63, 3.8) is 0 Å². The molecule has 0 radical (unpaired) electrons. The minimum Gasteiger partial charge on any atom is -0.399 e. The molecule has 15 heavy (non-hydrogen) atoms. The van der Waals surface area contributed by atoms with Crippen molar-refractivity contribution in [3.05, 3.63) is 29.8 Å². The van der Waals surface area contributed by atoms with Crippen LogP contribution in [0.5, 0.6) is 0 Å². The Hall–Kier alpha value is -2.04. The Morgan fingerprint density at radius 3 is 2.73 bits per heavy atom. The van der Waals surface area contributed by atoms with Crippen LogP contribution >= 0.6 is 0 Å². The lowest BCUT2D eigenvalue weighted by atomic mass is 10.2. The molecular formula is C10H13N3O2. The van der Waals surface area contributed by atoms with Gasteiger partial charge in [-0.2, -0.15) is 0 Å². The molecule has 0 aromatic heterocycles. The standard InChI is InChI=1S/C10H13N3O2/c1-12-9(14)6-13-10(15)7-3-2-4-8(11)5-7/h2-5H,6,11H2,1H3,(H,12,14)(H,13,15). The highest BCUT2D eigenvalue weighted by atomic mass is 16.2. The predicted molar refractivity (Wildman–Crippen MR) is 57.3 cm³/mol. The number of carbonyl (C=O) groups is 2. The van der Waals surface area contributed by atoms with Crippen molar-refractivity contribution in [3.8, 4) is 0 Å². The Morgan fingerprint density at radius 1 is 1.40 bits per heavy atom. The monoisotopic (exact) mass is 207 g/mol. The van der Waals surface area contributed by atoms with Crippen molar-refractivity contribution in [2.24, 2.45) is 0 Å². The van der Waals surface area contributed by atoms with Gasteiger partial charge in [-0.1, -0.05) is 6.07 Å². The number of nitrogens with one attached hydrogen (secondary N) is 2. The van der Waals surface area contributed by atoms with Gasteiger partial charge in [0, 0.05) is 18.3 Å². The number of nitrogen functional groups attached to an aromatic ring is 1. The fourth-order valence-corrected chi connectivity index (χ4v) is 1.03. The van der Waals surface area contributed by atoms with E-state index in [1.165, 1.54) is 7.05 Å². The summed E-state index contributed by atoms with van der Waals surface area (Å²) in [6, 6.07) is 6.56. The van der Waals surface area contributed by atoms with Crippen molar-refractivity contribution in [2.75, 3.05) is 19.3 Å². The van der Waals surface area contributed by atoms with Gasteiger partial charge in [0.05, 0.1) is 6.54 Å². The molecule has 0 saturated carbocycles. The van der Waals surface area contributed by atoms with Crippen LogP contribution in [0.15, 0.2) is 24.3 Å². The molecule has 0 heterocycles. The van der Waals surface area contributed by atoms with Crippen molar-refractivity contribution < 1.29 is 9.59 Å². The summed E-state index contributed by atoms with van der Waals surface area (Å²) in [5.74, 6) is -0.557. The Morgan fingerprint density at radius 2 is 2.13 bits per heavy atom. The van der Waals surface area contributed by atoms with Gasteiger partial charge >= 0.3 is 0 Å². The molecule has 4 N–H and O–H groups in total. The fraction of sp³-hybridized carbons (Fsp3) is 0.200. The van der Waals surface area contributed by atoms with Gasteiger partial charge in [0.25, 0.3) is 5.91 Å². The molecule has 1 rings (SSSR count). The Bertz CT molecular complexity index is 377. The number of hydrogen-bond donors (Lipinski definition) is 3. The summed E-state index contributed by atoms with van der Waals surface area (Å²) < 4.78 is 0. The molecule has 0 saturated heterocycles. The molecule has 1 aromatic carbocycles. The topological polar surface area (TPSA) is 84.2 Å². The maximum absolute atomic E-state index is 11.5. The summed E-state index contributed by atoms with van der Waals surface area (Å²) in [5, 5.41) is 4.88. The molecule has 0 unspecified atom stereocenters. The highest BCUT2D eigenvalue weighted by Crippen LogP contribution is 2.05. The van der Waals surface area contributed by atoms with Gasteiger partial charge in [-0.15, -0.1) is 0 Å². The molecule has 0 aliphatic carbocycles. The zero-order valence-electron chi connectivity index (χ0n) is 8.41. The van der Waals surface area contributed by atoms with Crippen LogP contribution in [0.3, 0.4) is 0 Å². The first-order valence-electron chi connectivity index (χ1n) is 4.48. The quantitative estimate of drug-likeness (QED) is 0.597. The third kappa shape index (κ3) is 3.30. The Kier molecular flexibility index (Phi) is 3.68. The number of anilines is 1. The highest BCUT2D eigenvalue weighted by molar-refractivity contribution is 5.97. The summed E-state index contributed by atoms with van der Waals surface area (Å²) in [6.45, 7) is -0.0376. The number of nitrogens with two attached hydrogens (primary N) is 1. The maximum atomic E-state index is 11.5. The first-order valence-corrected chi connectivity index (χ1v) is 4.48. The molecule has 0 aliphatic heterocycles. The van der Waals surface area contributed by atoms with Gasteiger partial charge in [-0.05, 0) is 18.2 Å². The Labute approximate surface area is 87.7 Å². The number of hydrogen-bond acceptors (Lipinski definition) is 3. The third-order valence-electron chi connectivity index (χ3n) is 1.84. The smallest absolute Gasteiger partial charge is 0.251 e. The molecule has 5 heteroatoms. The van der Waals surface area contributed by atoms with Crippen LogP contribution in [0.2, 0.25) is 0 Å². The summed E-state index contributed by atoms with van der Waals surface area (Å²) in [6.07, 6.45) is 0. The van der Waals surface area contributed by atoms with Gasteiger partial charge in [-0.3, -0.25) is 9.59 Å². The largest absolute Gasteiger partial charge is 0.399 e. The molecule has 5 nitrogen and oxygen atoms in total. The SMILES string of the molecule is CNC(=O)CNC(=O)c1cccc(N)c1. The zero-order valence-corrected chi connectivity index (χ0v) is 8.41. The van der Waals surface area contributed by atoms with E-state index in [2.05, 4.69) is 10.6 Å². The van der Waals surface area contributed by atoms with E-state index in [1.54, 1.807) is 24.3 Å². The number of amides is 2. The average molecular weight is 207 g/mol. The van der Waals surface area contributed by atoms with Gasteiger partial charge < -0.3 is 16.4 Å². The second kappa shape index (κ2) is 4.99. The van der Waals surface area contributed by atoms with E-state index in [4.69, 9.17) is 5.73 Å². The fourth-order valence-electron chi connectivity index (χ4n) is 1.03. The minimum atomic E-state index is -0.314. The molecular weight excluding hydrogens is 194 g/mol. The van der Waals surface area contributed by atoms with Crippen LogP contribution in [-0.4, -0.2) is 25.4 Å². The molecule has 2 amide bonds. The zero-order chi connectivity index (χ0) is 11.3. The van der Waals surface area contributed by atoms with Crippen LogP contribution in [0.25, 0.3) is 0 Å². The normalized spacial score (nSPS) is 9.40. The van der Waals surface area contributed by atoms with E-state index in [0.29, 0.717) is 11.3 Å². The van der Waals surface area contributed by atoms with Gasteiger partial charge in [0.2, 0.25) is 5.91 Å².